The zero-order valence-electron chi connectivity index (χ0n) is 16.7. The Morgan fingerprint density at radius 2 is 1.93 bits per heavy atom. The standard InChI is InChI=1S/C21H24F2N2O4/c1-4-16-18(21(27)28-3)12(2)19(24-16)20(26)25-9-7-14(8-10-25)29-17-6-5-13(22)11-15(17)23/h5-6,11,14,24H,4,7-10H2,1-3H3. The van der Waals surface area contributed by atoms with Crippen LogP contribution in [0.5, 0.6) is 5.75 Å². The van der Waals surface area contributed by atoms with Gasteiger partial charge in [0.15, 0.2) is 11.6 Å². The maximum absolute atomic E-state index is 13.8. The van der Waals surface area contributed by atoms with Crippen molar-refractivity contribution in [1.29, 1.82) is 0 Å². The number of nitrogens with one attached hydrogen (secondary N) is 1. The molecule has 1 saturated heterocycles. The van der Waals surface area contributed by atoms with Gasteiger partial charge in [-0.15, -0.1) is 0 Å². The number of esters is 1. The number of nitrogens with zero attached hydrogens (tertiary/aromatic N) is 1. The first-order chi connectivity index (χ1) is 13.8. The number of likely N-dealkylation sites (tertiary alicyclic amines) is 1. The average Bonchev–Trinajstić information content (AvgIpc) is 3.06. The molecule has 0 atom stereocenters. The van der Waals surface area contributed by atoms with Crippen molar-refractivity contribution in [3.63, 3.8) is 0 Å². The Kier molecular flexibility index (Phi) is 6.20. The summed E-state index contributed by atoms with van der Waals surface area (Å²) in [4.78, 5) is 29.8. The van der Waals surface area contributed by atoms with Crippen LogP contribution in [0.25, 0.3) is 0 Å². The van der Waals surface area contributed by atoms with Crippen LogP contribution in [-0.4, -0.2) is 48.1 Å². The third-order valence-electron chi connectivity index (χ3n) is 5.20. The summed E-state index contributed by atoms with van der Waals surface area (Å²) in [5, 5.41) is 0. The number of aryl methyl sites for hydroxylation is 1. The fourth-order valence-corrected chi connectivity index (χ4v) is 3.60. The zero-order valence-corrected chi connectivity index (χ0v) is 16.7. The molecule has 0 saturated carbocycles. The molecule has 1 aliphatic rings. The third kappa shape index (κ3) is 4.26. The van der Waals surface area contributed by atoms with Crippen LogP contribution in [-0.2, 0) is 11.2 Å². The van der Waals surface area contributed by atoms with Crippen LogP contribution in [0.1, 0.15) is 51.9 Å². The number of methoxy groups -OCH3 is 1. The van der Waals surface area contributed by atoms with Crippen LogP contribution in [0.2, 0.25) is 0 Å². The number of ether oxygens (including phenoxy) is 2. The first-order valence-electron chi connectivity index (χ1n) is 9.56. The van der Waals surface area contributed by atoms with Crippen molar-refractivity contribution >= 4 is 11.9 Å². The fourth-order valence-electron chi connectivity index (χ4n) is 3.60. The number of benzene rings is 1. The number of hydrogen-bond acceptors (Lipinski definition) is 4. The summed E-state index contributed by atoms with van der Waals surface area (Å²) in [7, 11) is 1.31. The molecule has 2 heterocycles. The van der Waals surface area contributed by atoms with Crippen molar-refractivity contribution in [2.75, 3.05) is 20.2 Å². The molecule has 1 N–H and O–H groups in total. The molecule has 29 heavy (non-hydrogen) atoms. The number of H-pyrrole nitrogens is 1. The molecule has 0 spiro atoms. The molecule has 0 bridgehead atoms. The van der Waals surface area contributed by atoms with E-state index in [4.69, 9.17) is 9.47 Å². The van der Waals surface area contributed by atoms with Gasteiger partial charge in [0.1, 0.15) is 17.6 Å². The van der Waals surface area contributed by atoms with E-state index in [1.165, 1.54) is 13.2 Å². The van der Waals surface area contributed by atoms with Gasteiger partial charge in [0.05, 0.1) is 12.7 Å². The summed E-state index contributed by atoms with van der Waals surface area (Å²) in [6.45, 7) is 4.48. The lowest BCUT2D eigenvalue weighted by Crippen LogP contribution is -2.42. The second-order valence-corrected chi connectivity index (χ2v) is 7.01. The monoisotopic (exact) mass is 406 g/mol. The van der Waals surface area contributed by atoms with Crippen LogP contribution in [0.15, 0.2) is 18.2 Å². The molecule has 1 aromatic carbocycles. The van der Waals surface area contributed by atoms with E-state index in [1.54, 1.807) is 11.8 Å². The lowest BCUT2D eigenvalue weighted by molar-refractivity contribution is 0.0582. The van der Waals surface area contributed by atoms with Gasteiger partial charge >= 0.3 is 5.97 Å². The number of carbonyl (C=O) groups excluding carboxylic acids is 2. The molecule has 2 aromatic rings. The minimum Gasteiger partial charge on any atom is -0.487 e. The van der Waals surface area contributed by atoms with Crippen molar-refractivity contribution in [2.45, 2.75) is 39.2 Å². The highest BCUT2D eigenvalue weighted by Gasteiger charge is 2.30. The summed E-state index contributed by atoms with van der Waals surface area (Å²) >= 11 is 0. The van der Waals surface area contributed by atoms with Gasteiger partial charge in [-0.25, -0.2) is 13.6 Å². The second kappa shape index (κ2) is 8.63. The molecular weight excluding hydrogens is 382 g/mol. The highest BCUT2D eigenvalue weighted by atomic mass is 19.1. The number of hydrogen-bond donors (Lipinski definition) is 1. The first-order valence-corrected chi connectivity index (χ1v) is 9.56. The largest absolute Gasteiger partial charge is 0.487 e. The van der Waals surface area contributed by atoms with Crippen LogP contribution in [0.4, 0.5) is 8.78 Å². The van der Waals surface area contributed by atoms with Crippen molar-refractivity contribution < 1.29 is 27.8 Å². The minimum atomic E-state index is -0.743. The predicted molar refractivity (Wildman–Crippen MR) is 102 cm³/mol. The zero-order chi connectivity index (χ0) is 21.1. The van der Waals surface area contributed by atoms with Crippen molar-refractivity contribution in [3.05, 3.63) is 52.3 Å². The van der Waals surface area contributed by atoms with Gasteiger partial charge in [-0.05, 0) is 31.0 Å². The van der Waals surface area contributed by atoms with E-state index in [9.17, 15) is 18.4 Å². The summed E-state index contributed by atoms with van der Waals surface area (Å²) in [6, 6.07) is 3.20. The Hall–Kier alpha value is -2.90. The number of piperidine rings is 1. The Labute approximate surface area is 167 Å². The van der Waals surface area contributed by atoms with E-state index in [0.717, 1.165) is 12.1 Å². The maximum Gasteiger partial charge on any atom is 0.339 e. The quantitative estimate of drug-likeness (QED) is 0.770. The molecule has 1 fully saturated rings. The van der Waals surface area contributed by atoms with Crippen LogP contribution < -0.4 is 4.74 Å². The smallest absolute Gasteiger partial charge is 0.339 e. The lowest BCUT2D eigenvalue weighted by Gasteiger charge is -2.32. The Balaban J connectivity index is 1.67. The average molecular weight is 406 g/mol. The number of aromatic amines is 1. The number of aromatic nitrogens is 1. The molecule has 8 heteroatoms. The number of amides is 1. The Morgan fingerprint density at radius 1 is 1.24 bits per heavy atom. The lowest BCUT2D eigenvalue weighted by atomic mass is 10.1. The van der Waals surface area contributed by atoms with Crippen molar-refractivity contribution in [1.82, 2.24) is 9.88 Å². The number of carbonyl (C=O) groups is 2. The fraction of sp³-hybridized carbons (Fsp3) is 0.429. The molecule has 3 rings (SSSR count). The first kappa shape index (κ1) is 20.8. The van der Waals surface area contributed by atoms with Crippen LogP contribution in [0.3, 0.4) is 0 Å². The Morgan fingerprint density at radius 3 is 2.52 bits per heavy atom. The van der Waals surface area contributed by atoms with Crippen molar-refractivity contribution in [3.8, 4) is 5.75 Å². The molecule has 0 unspecified atom stereocenters. The SMILES string of the molecule is CCc1[nH]c(C(=O)N2CCC(Oc3ccc(F)cc3F)CC2)c(C)c1C(=O)OC. The van der Waals surface area contributed by atoms with Gasteiger partial charge in [-0.3, -0.25) is 4.79 Å². The number of rotatable bonds is 5. The molecular formula is C21H24F2N2O4. The van der Waals surface area contributed by atoms with E-state index in [0.29, 0.717) is 54.9 Å². The highest BCUT2D eigenvalue weighted by Crippen LogP contribution is 2.25. The predicted octanol–water partition coefficient (Wildman–Crippen LogP) is 3.63. The summed E-state index contributed by atoms with van der Waals surface area (Å²) < 4.78 is 37.3. The summed E-state index contributed by atoms with van der Waals surface area (Å²) in [5.41, 5.74) is 2.03. The molecule has 0 aliphatic carbocycles. The Bertz CT molecular complexity index is 918. The third-order valence-corrected chi connectivity index (χ3v) is 5.20. The van der Waals surface area contributed by atoms with Crippen molar-refractivity contribution in [2.24, 2.45) is 0 Å². The van der Waals surface area contributed by atoms with Gasteiger partial charge in [-0.2, -0.15) is 0 Å². The van der Waals surface area contributed by atoms with Gasteiger partial charge in [0, 0.05) is 37.7 Å². The molecule has 0 radical (unpaired) electrons. The van der Waals surface area contributed by atoms with Gasteiger partial charge in [0.2, 0.25) is 0 Å². The molecule has 6 nitrogen and oxygen atoms in total. The van der Waals surface area contributed by atoms with Crippen LogP contribution in [0, 0.1) is 18.6 Å². The van der Waals surface area contributed by atoms with E-state index in [1.807, 2.05) is 6.92 Å². The maximum atomic E-state index is 13.8. The van der Waals surface area contributed by atoms with E-state index < -0.39 is 17.6 Å². The molecule has 1 amide bonds. The summed E-state index contributed by atoms with van der Waals surface area (Å²) in [5.74, 6) is -2.06. The van der Waals surface area contributed by atoms with Crippen LogP contribution >= 0.6 is 0 Å². The minimum absolute atomic E-state index is 0.00620. The molecule has 1 aromatic heterocycles. The normalized spacial score (nSPS) is 14.7. The van der Waals surface area contributed by atoms with E-state index in [2.05, 4.69) is 4.98 Å². The number of halogens is 2. The topological polar surface area (TPSA) is 71.6 Å². The van der Waals surface area contributed by atoms with E-state index in [-0.39, 0.29) is 17.8 Å². The highest BCUT2D eigenvalue weighted by molar-refractivity contribution is 6.00. The summed E-state index contributed by atoms with van der Waals surface area (Å²) in [6.07, 6.45) is 1.35. The van der Waals surface area contributed by atoms with Gasteiger partial charge < -0.3 is 19.4 Å². The van der Waals surface area contributed by atoms with Gasteiger partial charge in [-0.1, -0.05) is 6.92 Å². The second-order valence-electron chi connectivity index (χ2n) is 7.01. The van der Waals surface area contributed by atoms with Gasteiger partial charge in [0.25, 0.3) is 5.91 Å². The molecule has 156 valence electrons. The van der Waals surface area contributed by atoms with E-state index >= 15 is 0 Å². The molecule has 1 aliphatic heterocycles.